The van der Waals surface area contributed by atoms with Gasteiger partial charge in [0.05, 0.1) is 10.0 Å². The van der Waals surface area contributed by atoms with Crippen LogP contribution in [0, 0.1) is 13.8 Å². The number of rotatable bonds is 11. The number of nitrogens with one attached hydrogen (secondary N) is 1. The summed E-state index contributed by atoms with van der Waals surface area (Å²) in [5.74, 6) is 0.0659. The van der Waals surface area contributed by atoms with E-state index >= 15 is 0 Å². The molecule has 2 atom stereocenters. The average Bonchev–Trinajstić information content (AvgIpc) is 2.90. The van der Waals surface area contributed by atoms with Gasteiger partial charge in [0.2, 0.25) is 5.91 Å². The molecule has 3 rings (SSSR count). The van der Waals surface area contributed by atoms with Gasteiger partial charge < -0.3 is 15.0 Å². The molecular weight excluding hydrogens is 587 g/mol. The summed E-state index contributed by atoms with van der Waals surface area (Å²) in [7, 11) is 0. The Bertz CT molecular complexity index is 1250. The molecule has 0 fully saturated rings. The number of carbonyl (C=O) groups is 2. The Balaban J connectivity index is 1.95. The summed E-state index contributed by atoms with van der Waals surface area (Å²) in [6.45, 7) is 7.84. The van der Waals surface area contributed by atoms with Gasteiger partial charge in [0, 0.05) is 23.5 Å². The molecule has 0 aliphatic carbocycles. The van der Waals surface area contributed by atoms with Crippen LogP contribution in [-0.2, 0) is 22.6 Å². The minimum atomic E-state index is -0.759. The number of amides is 2. The van der Waals surface area contributed by atoms with Crippen molar-refractivity contribution in [1.82, 2.24) is 10.2 Å². The summed E-state index contributed by atoms with van der Waals surface area (Å²) in [4.78, 5) is 28.9. The van der Waals surface area contributed by atoms with Crippen molar-refractivity contribution >= 4 is 50.9 Å². The van der Waals surface area contributed by atoms with Gasteiger partial charge in [-0.15, -0.1) is 0 Å². The molecule has 3 aromatic carbocycles. The molecule has 0 radical (unpaired) electrons. The van der Waals surface area contributed by atoms with Gasteiger partial charge in [-0.3, -0.25) is 9.59 Å². The van der Waals surface area contributed by atoms with E-state index in [0.717, 1.165) is 33.1 Å². The fourth-order valence-corrected chi connectivity index (χ4v) is 4.60. The SMILES string of the molecule is CC[C@@H](C)NC(=O)[C@H](Cc1ccccc1)N(Cc1ccc(Cl)c(Cl)c1)C(=O)COc1cc(C)c(Br)c(C)c1. The Morgan fingerprint density at radius 1 is 0.974 bits per heavy atom. The Morgan fingerprint density at radius 3 is 2.24 bits per heavy atom. The van der Waals surface area contributed by atoms with E-state index in [1.807, 2.05) is 76.2 Å². The average molecular weight is 620 g/mol. The number of hydrogen-bond donors (Lipinski definition) is 1. The largest absolute Gasteiger partial charge is 0.484 e. The highest BCUT2D eigenvalue weighted by Crippen LogP contribution is 2.27. The number of aryl methyl sites for hydroxylation is 2. The van der Waals surface area contributed by atoms with Gasteiger partial charge in [-0.1, -0.05) is 82.5 Å². The fourth-order valence-electron chi connectivity index (χ4n) is 4.05. The van der Waals surface area contributed by atoms with Crippen LogP contribution in [-0.4, -0.2) is 35.4 Å². The van der Waals surface area contributed by atoms with E-state index in [1.54, 1.807) is 17.0 Å². The lowest BCUT2D eigenvalue weighted by Gasteiger charge is -2.32. The zero-order chi connectivity index (χ0) is 27.8. The molecule has 38 heavy (non-hydrogen) atoms. The Morgan fingerprint density at radius 2 is 1.63 bits per heavy atom. The third-order valence-electron chi connectivity index (χ3n) is 6.38. The summed E-state index contributed by atoms with van der Waals surface area (Å²) in [5.41, 5.74) is 3.73. The van der Waals surface area contributed by atoms with Gasteiger partial charge in [-0.05, 0) is 73.7 Å². The molecule has 0 spiro atoms. The zero-order valence-corrected chi connectivity index (χ0v) is 25.2. The van der Waals surface area contributed by atoms with E-state index in [2.05, 4.69) is 21.2 Å². The predicted molar refractivity (Wildman–Crippen MR) is 158 cm³/mol. The van der Waals surface area contributed by atoms with Gasteiger partial charge in [-0.25, -0.2) is 0 Å². The molecule has 0 heterocycles. The van der Waals surface area contributed by atoms with Crippen LogP contribution < -0.4 is 10.1 Å². The number of ether oxygens (including phenoxy) is 1. The Hall–Kier alpha value is -2.54. The molecular formula is C30H33BrCl2N2O3. The monoisotopic (exact) mass is 618 g/mol. The van der Waals surface area contributed by atoms with Crippen molar-refractivity contribution in [2.24, 2.45) is 0 Å². The van der Waals surface area contributed by atoms with E-state index in [0.29, 0.717) is 22.2 Å². The maximum atomic E-state index is 13.8. The van der Waals surface area contributed by atoms with Gasteiger partial charge in [0.15, 0.2) is 6.61 Å². The van der Waals surface area contributed by atoms with Crippen molar-refractivity contribution in [1.29, 1.82) is 0 Å². The van der Waals surface area contributed by atoms with E-state index in [1.165, 1.54) is 0 Å². The number of nitrogens with zero attached hydrogens (tertiary/aromatic N) is 1. The van der Waals surface area contributed by atoms with E-state index in [-0.39, 0.29) is 31.0 Å². The van der Waals surface area contributed by atoms with Crippen molar-refractivity contribution in [3.8, 4) is 5.75 Å². The Kier molecular flexibility index (Phi) is 11.1. The van der Waals surface area contributed by atoms with Gasteiger partial charge in [0.1, 0.15) is 11.8 Å². The second kappa shape index (κ2) is 14.0. The fraction of sp³-hybridized carbons (Fsp3) is 0.333. The molecule has 0 bridgehead atoms. The summed E-state index contributed by atoms with van der Waals surface area (Å²) in [5, 5.41) is 3.87. The van der Waals surface area contributed by atoms with Crippen LogP contribution in [0.25, 0.3) is 0 Å². The van der Waals surface area contributed by atoms with Gasteiger partial charge in [0.25, 0.3) is 5.91 Å². The Labute approximate surface area is 243 Å². The number of hydrogen-bond acceptors (Lipinski definition) is 3. The minimum Gasteiger partial charge on any atom is -0.484 e. The highest BCUT2D eigenvalue weighted by molar-refractivity contribution is 9.10. The van der Waals surface area contributed by atoms with Crippen LogP contribution in [0.5, 0.6) is 5.75 Å². The van der Waals surface area contributed by atoms with Crippen molar-refractivity contribution < 1.29 is 14.3 Å². The third-order valence-corrected chi connectivity index (χ3v) is 8.37. The molecule has 0 aliphatic heterocycles. The lowest BCUT2D eigenvalue weighted by molar-refractivity contribution is -0.143. The van der Waals surface area contributed by atoms with Crippen LogP contribution in [0.2, 0.25) is 10.0 Å². The second-order valence-electron chi connectivity index (χ2n) is 9.45. The smallest absolute Gasteiger partial charge is 0.261 e. The number of carbonyl (C=O) groups excluding carboxylic acids is 2. The van der Waals surface area contributed by atoms with E-state index < -0.39 is 6.04 Å². The molecule has 0 saturated heterocycles. The van der Waals surface area contributed by atoms with Crippen LogP contribution in [0.3, 0.4) is 0 Å². The molecule has 3 aromatic rings. The number of benzene rings is 3. The molecule has 202 valence electrons. The lowest BCUT2D eigenvalue weighted by atomic mass is 10.0. The van der Waals surface area contributed by atoms with Gasteiger partial charge >= 0.3 is 0 Å². The van der Waals surface area contributed by atoms with Crippen LogP contribution in [0.4, 0.5) is 0 Å². The molecule has 2 amide bonds. The topological polar surface area (TPSA) is 58.6 Å². The van der Waals surface area contributed by atoms with Crippen molar-refractivity contribution in [2.45, 2.75) is 59.2 Å². The molecule has 8 heteroatoms. The second-order valence-corrected chi connectivity index (χ2v) is 11.1. The summed E-state index contributed by atoms with van der Waals surface area (Å²) >= 11 is 16.0. The zero-order valence-electron chi connectivity index (χ0n) is 22.1. The summed E-state index contributed by atoms with van der Waals surface area (Å²) in [6, 6.07) is 17.9. The van der Waals surface area contributed by atoms with E-state index in [9.17, 15) is 9.59 Å². The number of halogens is 3. The van der Waals surface area contributed by atoms with Crippen LogP contribution >= 0.6 is 39.1 Å². The molecule has 0 unspecified atom stereocenters. The van der Waals surface area contributed by atoms with Crippen molar-refractivity contribution in [3.05, 3.63) is 97.4 Å². The maximum absolute atomic E-state index is 13.8. The highest BCUT2D eigenvalue weighted by atomic mass is 79.9. The highest BCUT2D eigenvalue weighted by Gasteiger charge is 2.31. The first-order chi connectivity index (χ1) is 18.1. The molecule has 5 nitrogen and oxygen atoms in total. The first kappa shape index (κ1) is 30.0. The normalized spacial score (nSPS) is 12.5. The summed E-state index contributed by atoms with van der Waals surface area (Å²) in [6.07, 6.45) is 1.13. The van der Waals surface area contributed by atoms with Crippen molar-refractivity contribution in [2.75, 3.05) is 6.61 Å². The van der Waals surface area contributed by atoms with E-state index in [4.69, 9.17) is 27.9 Å². The first-order valence-corrected chi connectivity index (χ1v) is 14.1. The quantitative estimate of drug-likeness (QED) is 0.245. The summed E-state index contributed by atoms with van der Waals surface area (Å²) < 4.78 is 6.94. The maximum Gasteiger partial charge on any atom is 0.261 e. The standard InChI is InChI=1S/C30H33BrCl2N2O3/c1-5-21(4)34-30(37)27(16-22-9-7-6-8-10-22)35(17-23-11-12-25(32)26(33)15-23)28(36)18-38-24-13-19(2)29(31)20(3)14-24/h6-15,21,27H,5,16-18H2,1-4H3,(H,34,37)/t21-,27+/m1/s1. The lowest BCUT2D eigenvalue weighted by Crippen LogP contribution is -2.53. The first-order valence-electron chi connectivity index (χ1n) is 12.6. The molecule has 0 saturated carbocycles. The predicted octanol–water partition coefficient (Wildman–Crippen LogP) is 7.31. The van der Waals surface area contributed by atoms with Crippen LogP contribution in [0.1, 0.15) is 42.5 Å². The minimum absolute atomic E-state index is 0.0346. The molecule has 0 aliphatic rings. The van der Waals surface area contributed by atoms with Crippen LogP contribution in [0.15, 0.2) is 65.1 Å². The third kappa shape index (κ3) is 8.23. The molecule has 1 N–H and O–H groups in total. The van der Waals surface area contributed by atoms with Gasteiger partial charge in [-0.2, -0.15) is 0 Å². The van der Waals surface area contributed by atoms with Crippen molar-refractivity contribution in [3.63, 3.8) is 0 Å². The molecule has 0 aromatic heterocycles.